The summed E-state index contributed by atoms with van der Waals surface area (Å²) in [5.41, 5.74) is 1.14. The lowest BCUT2D eigenvalue weighted by Gasteiger charge is -1.98. The molecule has 0 spiro atoms. The number of halogens is 4. The van der Waals surface area contributed by atoms with Gasteiger partial charge in [-0.25, -0.2) is 17.6 Å². The Morgan fingerprint density at radius 1 is 0.880 bits per heavy atom. The number of carbonyl (C=O) groups is 1. The van der Waals surface area contributed by atoms with E-state index < -0.39 is 29.2 Å². The number of carboxylic acids is 1. The fourth-order valence-corrected chi connectivity index (χ4v) is 1.84. The summed E-state index contributed by atoms with van der Waals surface area (Å²) in [6.07, 6.45) is 0.927. The smallest absolute Gasteiger partial charge is 0.303 e. The van der Waals surface area contributed by atoms with Crippen LogP contribution in [0, 0.1) is 34.6 Å². The standard InChI is InChI=1S/C9H7F2N.C9H8F2O2/c10-8-4-3-7(2-1-5-12)6-9(8)11;10-7-3-1-6(5-8(7)11)2-4-9(12)13/h3-4,6H,1-2H2;1,3,5H,2,4H2,(H,12,13). The molecule has 1 N–H and O–H groups in total. The summed E-state index contributed by atoms with van der Waals surface area (Å²) in [5.74, 6) is -4.52. The van der Waals surface area contributed by atoms with Crippen LogP contribution in [0.2, 0.25) is 0 Å². The minimum absolute atomic E-state index is 0.0783. The zero-order valence-electron chi connectivity index (χ0n) is 13.1. The molecule has 3 nitrogen and oxygen atoms in total. The second-order valence-corrected chi connectivity index (χ2v) is 5.05. The van der Waals surface area contributed by atoms with Crippen molar-refractivity contribution in [2.75, 3.05) is 0 Å². The van der Waals surface area contributed by atoms with Crippen LogP contribution in [0.1, 0.15) is 24.0 Å². The molecule has 0 heterocycles. The first kappa shape index (κ1) is 20.2. The minimum Gasteiger partial charge on any atom is -0.481 e. The molecule has 0 saturated carbocycles. The van der Waals surface area contributed by atoms with Crippen LogP contribution in [0.25, 0.3) is 0 Å². The van der Waals surface area contributed by atoms with Gasteiger partial charge in [-0.3, -0.25) is 4.79 Å². The molecule has 2 aromatic carbocycles. The van der Waals surface area contributed by atoms with E-state index >= 15 is 0 Å². The summed E-state index contributed by atoms with van der Waals surface area (Å²) >= 11 is 0. The summed E-state index contributed by atoms with van der Waals surface area (Å²) in [7, 11) is 0. The lowest BCUT2D eigenvalue weighted by molar-refractivity contribution is -0.136. The molecule has 0 fully saturated rings. The number of rotatable bonds is 5. The zero-order valence-corrected chi connectivity index (χ0v) is 13.1. The average Bonchev–Trinajstić information content (AvgIpc) is 2.57. The number of aliphatic carboxylic acids is 1. The largest absolute Gasteiger partial charge is 0.481 e. The molecule has 0 aliphatic heterocycles. The van der Waals surface area contributed by atoms with Crippen LogP contribution >= 0.6 is 0 Å². The van der Waals surface area contributed by atoms with Crippen LogP contribution in [-0.2, 0) is 17.6 Å². The number of nitrogens with zero attached hydrogens (tertiary/aromatic N) is 1. The summed E-state index contributed by atoms with van der Waals surface area (Å²) < 4.78 is 49.9. The summed E-state index contributed by atoms with van der Waals surface area (Å²) in [6, 6.07) is 8.99. The quantitative estimate of drug-likeness (QED) is 0.811. The lowest BCUT2D eigenvalue weighted by Crippen LogP contribution is -1.98. The van der Waals surface area contributed by atoms with Gasteiger partial charge in [0.25, 0.3) is 0 Å². The summed E-state index contributed by atoms with van der Waals surface area (Å²) in [5, 5.41) is 16.6. The van der Waals surface area contributed by atoms with Crippen molar-refractivity contribution in [1.82, 2.24) is 0 Å². The van der Waals surface area contributed by atoms with E-state index in [1.165, 1.54) is 12.1 Å². The fraction of sp³-hybridized carbons (Fsp3) is 0.222. The molecule has 0 bridgehead atoms. The molecule has 2 aromatic rings. The maximum absolute atomic E-state index is 12.6. The predicted molar refractivity (Wildman–Crippen MR) is 82.6 cm³/mol. The highest BCUT2D eigenvalue weighted by Gasteiger charge is 2.04. The van der Waals surface area contributed by atoms with Crippen molar-refractivity contribution in [3.63, 3.8) is 0 Å². The SMILES string of the molecule is N#CCCc1ccc(F)c(F)c1.O=C(O)CCc1ccc(F)c(F)c1. The predicted octanol–water partition coefficient (Wildman–Crippen LogP) is 4.40. The highest BCUT2D eigenvalue weighted by Crippen LogP contribution is 2.10. The van der Waals surface area contributed by atoms with Crippen molar-refractivity contribution < 1.29 is 27.5 Å². The van der Waals surface area contributed by atoms with Gasteiger partial charge in [-0.05, 0) is 48.2 Å². The van der Waals surface area contributed by atoms with E-state index in [1.54, 1.807) is 0 Å². The second kappa shape index (κ2) is 10.1. The Balaban J connectivity index is 0.000000251. The Morgan fingerprint density at radius 3 is 1.76 bits per heavy atom. The van der Waals surface area contributed by atoms with Crippen LogP contribution in [-0.4, -0.2) is 11.1 Å². The highest BCUT2D eigenvalue weighted by atomic mass is 19.2. The third kappa shape index (κ3) is 7.48. The maximum atomic E-state index is 12.6. The van der Waals surface area contributed by atoms with Crippen molar-refractivity contribution in [3.05, 3.63) is 70.8 Å². The monoisotopic (exact) mass is 353 g/mol. The Labute approximate surface area is 142 Å². The van der Waals surface area contributed by atoms with Crippen molar-refractivity contribution in [2.24, 2.45) is 0 Å². The molecule has 0 atom stereocenters. The van der Waals surface area contributed by atoms with Gasteiger partial charge in [0, 0.05) is 12.8 Å². The molecule has 0 radical (unpaired) electrons. The fourth-order valence-electron chi connectivity index (χ4n) is 1.84. The van der Waals surface area contributed by atoms with Crippen LogP contribution in [0.5, 0.6) is 0 Å². The van der Waals surface area contributed by atoms with Crippen LogP contribution in [0.3, 0.4) is 0 Å². The number of benzene rings is 2. The topological polar surface area (TPSA) is 61.1 Å². The number of nitriles is 1. The second-order valence-electron chi connectivity index (χ2n) is 5.05. The summed E-state index contributed by atoms with van der Waals surface area (Å²) in [6.45, 7) is 0. The highest BCUT2D eigenvalue weighted by molar-refractivity contribution is 5.67. The molecular formula is C18H15F4NO2. The van der Waals surface area contributed by atoms with Crippen molar-refractivity contribution >= 4 is 5.97 Å². The van der Waals surface area contributed by atoms with Gasteiger partial charge < -0.3 is 5.11 Å². The van der Waals surface area contributed by atoms with Crippen LogP contribution in [0.15, 0.2) is 36.4 Å². The van der Waals surface area contributed by atoms with Crippen LogP contribution < -0.4 is 0 Å². The number of carboxylic acid groups (broad SMARTS) is 1. The van der Waals surface area contributed by atoms with Gasteiger partial charge in [0.05, 0.1) is 6.07 Å². The minimum atomic E-state index is -0.954. The van der Waals surface area contributed by atoms with E-state index in [2.05, 4.69) is 0 Å². The normalized spacial score (nSPS) is 9.72. The number of aryl methyl sites for hydroxylation is 2. The number of hydrogen-bond acceptors (Lipinski definition) is 2. The Kier molecular flexibility index (Phi) is 8.13. The molecule has 0 unspecified atom stereocenters. The van der Waals surface area contributed by atoms with Gasteiger partial charge >= 0.3 is 5.97 Å². The molecule has 7 heteroatoms. The first-order chi connectivity index (χ1) is 11.8. The first-order valence-electron chi connectivity index (χ1n) is 7.30. The zero-order chi connectivity index (χ0) is 18.8. The Hall–Kier alpha value is -2.88. The molecule has 0 saturated heterocycles. The van der Waals surface area contributed by atoms with Crippen molar-refractivity contribution in [3.8, 4) is 6.07 Å². The van der Waals surface area contributed by atoms with Crippen molar-refractivity contribution in [2.45, 2.75) is 25.7 Å². The van der Waals surface area contributed by atoms with Gasteiger partial charge in [-0.15, -0.1) is 0 Å². The third-order valence-electron chi connectivity index (χ3n) is 3.12. The third-order valence-corrected chi connectivity index (χ3v) is 3.12. The molecule has 132 valence electrons. The summed E-state index contributed by atoms with van der Waals surface area (Å²) in [4.78, 5) is 10.2. The van der Waals surface area contributed by atoms with E-state index in [0.29, 0.717) is 24.0 Å². The Morgan fingerprint density at radius 2 is 1.36 bits per heavy atom. The lowest BCUT2D eigenvalue weighted by atomic mass is 10.1. The van der Waals surface area contributed by atoms with E-state index in [9.17, 15) is 22.4 Å². The van der Waals surface area contributed by atoms with E-state index in [1.807, 2.05) is 6.07 Å². The molecule has 0 aliphatic carbocycles. The van der Waals surface area contributed by atoms with Gasteiger partial charge in [-0.2, -0.15) is 5.26 Å². The van der Waals surface area contributed by atoms with E-state index in [4.69, 9.17) is 10.4 Å². The molecule has 0 aliphatic rings. The van der Waals surface area contributed by atoms with Gasteiger partial charge in [-0.1, -0.05) is 12.1 Å². The first-order valence-corrected chi connectivity index (χ1v) is 7.30. The number of hydrogen-bond donors (Lipinski definition) is 1. The molecule has 0 aromatic heterocycles. The van der Waals surface area contributed by atoms with Gasteiger partial charge in [0.1, 0.15) is 0 Å². The molecule has 0 amide bonds. The van der Waals surface area contributed by atoms with E-state index in [-0.39, 0.29) is 12.8 Å². The van der Waals surface area contributed by atoms with E-state index in [0.717, 1.165) is 24.3 Å². The average molecular weight is 353 g/mol. The van der Waals surface area contributed by atoms with Crippen LogP contribution in [0.4, 0.5) is 17.6 Å². The van der Waals surface area contributed by atoms with Crippen molar-refractivity contribution in [1.29, 1.82) is 5.26 Å². The van der Waals surface area contributed by atoms with Gasteiger partial charge in [0.2, 0.25) is 0 Å². The molecular weight excluding hydrogens is 338 g/mol. The molecule has 25 heavy (non-hydrogen) atoms. The van der Waals surface area contributed by atoms with Gasteiger partial charge in [0.15, 0.2) is 23.3 Å². The maximum Gasteiger partial charge on any atom is 0.303 e. The molecule has 2 rings (SSSR count). The Bertz CT molecular complexity index is 772.